The number of hydrogen-bond donors (Lipinski definition) is 2. The van der Waals surface area contributed by atoms with Gasteiger partial charge in [0.25, 0.3) is 0 Å². The molecule has 0 spiro atoms. The van der Waals surface area contributed by atoms with Gasteiger partial charge in [0, 0.05) is 5.54 Å². The van der Waals surface area contributed by atoms with Crippen LogP contribution in [0.2, 0.25) is 0 Å². The maximum Gasteiger partial charge on any atom is 0.119 e. The summed E-state index contributed by atoms with van der Waals surface area (Å²) in [5.74, 6) is 0.842. The lowest BCUT2D eigenvalue weighted by atomic mass is 9.94. The molecule has 1 atom stereocenters. The number of aliphatic hydroxyl groups excluding tert-OH is 1. The third-order valence-electron chi connectivity index (χ3n) is 2.46. The van der Waals surface area contributed by atoms with Crippen LogP contribution in [0.3, 0.4) is 0 Å². The van der Waals surface area contributed by atoms with Crippen molar-refractivity contribution in [3.63, 3.8) is 0 Å². The van der Waals surface area contributed by atoms with Crippen molar-refractivity contribution in [3.05, 3.63) is 29.8 Å². The molecule has 1 aromatic rings. The van der Waals surface area contributed by atoms with Gasteiger partial charge in [0.15, 0.2) is 0 Å². The molecule has 1 unspecified atom stereocenters. The van der Waals surface area contributed by atoms with E-state index in [-0.39, 0.29) is 5.54 Å². The quantitative estimate of drug-likeness (QED) is 0.799. The third-order valence-corrected chi connectivity index (χ3v) is 2.46. The summed E-state index contributed by atoms with van der Waals surface area (Å²) in [4.78, 5) is 0. The zero-order chi connectivity index (χ0) is 12.9. The predicted octanol–water partition coefficient (Wildman–Crippen LogP) is 2.64. The van der Waals surface area contributed by atoms with Crippen LogP contribution in [-0.4, -0.2) is 17.3 Å². The summed E-state index contributed by atoms with van der Waals surface area (Å²) in [5.41, 5.74) is 6.40. The highest BCUT2D eigenvalue weighted by Gasteiger charge is 2.18. The number of nitrogens with two attached hydrogens (primary N) is 1. The zero-order valence-corrected chi connectivity index (χ0v) is 10.9. The second-order valence-electron chi connectivity index (χ2n) is 5.13. The average molecular weight is 237 g/mol. The third kappa shape index (κ3) is 5.20. The number of hydrogen-bond acceptors (Lipinski definition) is 3. The van der Waals surface area contributed by atoms with Gasteiger partial charge in [-0.2, -0.15) is 0 Å². The van der Waals surface area contributed by atoms with Crippen molar-refractivity contribution in [2.24, 2.45) is 5.73 Å². The molecule has 0 saturated heterocycles. The highest BCUT2D eigenvalue weighted by molar-refractivity contribution is 5.28. The molecule has 0 amide bonds. The summed E-state index contributed by atoms with van der Waals surface area (Å²) in [5, 5.41) is 10.0. The average Bonchev–Trinajstić information content (AvgIpc) is 2.24. The molecule has 0 fully saturated rings. The van der Waals surface area contributed by atoms with Crippen molar-refractivity contribution in [2.75, 3.05) is 6.61 Å². The van der Waals surface area contributed by atoms with Crippen LogP contribution in [0.5, 0.6) is 5.75 Å². The lowest BCUT2D eigenvalue weighted by Gasteiger charge is -2.22. The van der Waals surface area contributed by atoms with Gasteiger partial charge >= 0.3 is 0 Å². The Morgan fingerprint density at radius 3 is 2.35 bits per heavy atom. The molecule has 0 aliphatic heterocycles. The van der Waals surface area contributed by atoms with Crippen LogP contribution < -0.4 is 10.5 Å². The Balaban J connectivity index is 2.60. The van der Waals surface area contributed by atoms with Gasteiger partial charge in [0.2, 0.25) is 0 Å². The Bertz CT molecular complexity index is 327. The molecule has 0 aliphatic carbocycles. The highest BCUT2D eigenvalue weighted by atomic mass is 16.5. The second kappa shape index (κ2) is 6.03. The molecule has 0 heterocycles. The van der Waals surface area contributed by atoms with E-state index in [9.17, 15) is 5.11 Å². The Morgan fingerprint density at radius 2 is 1.88 bits per heavy atom. The molecular formula is C14H23NO2. The molecule has 0 aromatic heterocycles. The normalized spacial score (nSPS) is 13.5. The summed E-state index contributed by atoms with van der Waals surface area (Å²) >= 11 is 0. The molecule has 3 nitrogen and oxygen atoms in total. The van der Waals surface area contributed by atoms with E-state index < -0.39 is 6.10 Å². The van der Waals surface area contributed by atoms with Crippen LogP contribution in [0, 0.1) is 0 Å². The summed E-state index contributed by atoms with van der Waals surface area (Å²) in [6.07, 6.45) is 1.02. The van der Waals surface area contributed by atoms with E-state index >= 15 is 0 Å². The molecule has 96 valence electrons. The van der Waals surface area contributed by atoms with E-state index in [1.54, 1.807) is 0 Å². The molecule has 17 heavy (non-hydrogen) atoms. The minimum atomic E-state index is -0.518. The maximum atomic E-state index is 10.0. The molecule has 0 radical (unpaired) electrons. The minimum Gasteiger partial charge on any atom is -0.494 e. The highest BCUT2D eigenvalue weighted by Crippen LogP contribution is 2.24. The van der Waals surface area contributed by atoms with Gasteiger partial charge < -0.3 is 15.6 Å². The summed E-state index contributed by atoms with van der Waals surface area (Å²) in [6, 6.07) is 7.55. The molecule has 1 rings (SSSR count). The van der Waals surface area contributed by atoms with Crippen LogP contribution in [0.25, 0.3) is 0 Å². The standard InChI is InChI=1S/C14H23NO2/c1-4-9-17-12-7-5-11(6-8-12)13(16)10-14(2,3)15/h5-8,13,16H,4,9-10,15H2,1-3H3. The first-order chi connectivity index (χ1) is 7.92. The number of aliphatic hydroxyl groups is 1. The van der Waals surface area contributed by atoms with Gasteiger partial charge in [-0.1, -0.05) is 19.1 Å². The van der Waals surface area contributed by atoms with E-state index in [1.807, 2.05) is 38.1 Å². The number of benzene rings is 1. The summed E-state index contributed by atoms with van der Waals surface area (Å²) in [6.45, 7) is 6.61. The largest absolute Gasteiger partial charge is 0.494 e. The number of rotatable bonds is 6. The van der Waals surface area contributed by atoms with Crippen molar-refractivity contribution < 1.29 is 9.84 Å². The fourth-order valence-electron chi connectivity index (χ4n) is 1.62. The SMILES string of the molecule is CCCOc1ccc(C(O)CC(C)(C)N)cc1. The van der Waals surface area contributed by atoms with Gasteiger partial charge in [-0.05, 0) is 44.4 Å². The minimum absolute atomic E-state index is 0.364. The number of ether oxygens (including phenoxy) is 1. The monoisotopic (exact) mass is 237 g/mol. The van der Waals surface area contributed by atoms with E-state index in [0.29, 0.717) is 6.42 Å². The fraction of sp³-hybridized carbons (Fsp3) is 0.571. The molecule has 0 saturated carbocycles. The maximum absolute atomic E-state index is 10.0. The Hall–Kier alpha value is -1.06. The lowest BCUT2D eigenvalue weighted by Crippen LogP contribution is -2.33. The van der Waals surface area contributed by atoms with Crippen LogP contribution in [-0.2, 0) is 0 Å². The van der Waals surface area contributed by atoms with Crippen LogP contribution in [0.1, 0.15) is 45.3 Å². The van der Waals surface area contributed by atoms with Crippen molar-refractivity contribution in [1.29, 1.82) is 0 Å². The van der Waals surface area contributed by atoms with Gasteiger partial charge in [-0.25, -0.2) is 0 Å². The van der Waals surface area contributed by atoms with Crippen LogP contribution >= 0.6 is 0 Å². The van der Waals surface area contributed by atoms with Crippen LogP contribution in [0.15, 0.2) is 24.3 Å². The van der Waals surface area contributed by atoms with Gasteiger partial charge in [-0.3, -0.25) is 0 Å². The molecule has 0 aliphatic rings. The first-order valence-electron chi connectivity index (χ1n) is 6.12. The predicted molar refractivity (Wildman–Crippen MR) is 70.1 cm³/mol. The van der Waals surface area contributed by atoms with E-state index in [4.69, 9.17) is 10.5 Å². The topological polar surface area (TPSA) is 55.5 Å². The molecule has 1 aromatic carbocycles. The van der Waals surface area contributed by atoms with Gasteiger partial charge in [-0.15, -0.1) is 0 Å². The molecule has 3 N–H and O–H groups in total. The fourth-order valence-corrected chi connectivity index (χ4v) is 1.62. The first kappa shape index (κ1) is 14.0. The van der Waals surface area contributed by atoms with Gasteiger partial charge in [0.05, 0.1) is 12.7 Å². The molecule has 0 bridgehead atoms. The van der Waals surface area contributed by atoms with Crippen LogP contribution in [0.4, 0.5) is 0 Å². The molecule has 3 heteroatoms. The van der Waals surface area contributed by atoms with E-state index in [1.165, 1.54) is 0 Å². The van der Waals surface area contributed by atoms with Gasteiger partial charge in [0.1, 0.15) is 5.75 Å². The summed E-state index contributed by atoms with van der Waals surface area (Å²) < 4.78 is 5.48. The first-order valence-corrected chi connectivity index (χ1v) is 6.12. The smallest absolute Gasteiger partial charge is 0.119 e. The second-order valence-corrected chi connectivity index (χ2v) is 5.13. The van der Waals surface area contributed by atoms with E-state index in [0.717, 1.165) is 24.3 Å². The van der Waals surface area contributed by atoms with E-state index in [2.05, 4.69) is 6.92 Å². The lowest BCUT2D eigenvalue weighted by molar-refractivity contribution is 0.142. The Labute approximate surface area is 104 Å². The molecular weight excluding hydrogens is 214 g/mol. The van der Waals surface area contributed by atoms with Crippen molar-refractivity contribution in [2.45, 2.75) is 45.3 Å². The summed E-state index contributed by atoms with van der Waals surface area (Å²) in [7, 11) is 0. The Morgan fingerprint density at radius 1 is 1.29 bits per heavy atom. The Kier molecular flexibility index (Phi) is 4.97. The zero-order valence-electron chi connectivity index (χ0n) is 10.9. The van der Waals surface area contributed by atoms with Crippen molar-refractivity contribution in [3.8, 4) is 5.75 Å². The van der Waals surface area contributed by atoms with Crippen molar-refractivity contribution in [1.82, 2.24) is 0 Å². The van der Waals surface area contributed by atoms with Crippen molar-refractivity contribution >= 4 is 0 Å².